The maximum Gasteiger partial charge on any atom is 0.0914 e. The summed E-state index contributed by atoms with van der Waals surface area (Å²) in [5.74, 6) is 0. The molecule has 1 aliphatic rings. The molecule has 15 heavy (non-hydrogen) atoms. The Morgan fingerprint density at radius 3 is 2.40 bits per heavy atom. The van der Waals surface area contributed by atoms with E-state index in [4.69, 9.17) is 0 Å². The second-order valence-corrected chi connectivity index (χ2v) is 4.23. The molecule has 1 saturated carbocycles. The van der Waals surface area contributed by atoms with Gasteiger partial charge in [-0.1, -0.05) is 24.3 Å². The molecule has 1 aliphatic carbocycles. The number of hydrogen-bond acceptors (Lipinski definition) is 3. The van der Waals surface area contributed by atoms with Gasteiger partial charge in [0.2, 0.25) is 0 Å². The molecule has 1 aromatic carbocycles. The lowest BCUT2D eigenvalue weighted by molar-refractivity contribution is 0.151. The van der Waals surface area contributed by atoms with Gasteiger partial charge in [-0.3, -0.25) is 0 Å². The SMILES string of the molecule is CNCC(O)c1ccc(C2(O)CC2)cc1. The fraction of sp³-hybridized carbons (Fsp3) is 0.500. The van der Waals surface area contributed by atoms with E-state index in [1.165, 1.54) is 0 Å². The number of hydrogen-bond donors (Lipinski definition) is 3. The number of aliphatic hydroxyl groups excluding tert-OH is 1. The van der Waals surface area contributed by atoms with Crippen LogP contribution in [0.25, 0.3) is 0 Å². The van der Waals surface area contributed by atoms with Gasteiger partial charge in [0.15, 0.2) is 0 Å². The molecular weight excluding hydrogens is 190 g/mol. The Labute approximate surface area is 89.8 Å². The summed E-state index contributed by atoms with van der Waals surface area (Å²) in [6.45, 7) is 0.545. The Morgan fingerprint density at radius 1 is 1.33 bits per heavy atom. The number of nitrogens with one attached hydrogen (secondary N) is 1. The van der Waals surface area contributed by atoms with Crippen molar-refractivity contribution in [1.29, 1.82) is 0 Å². The predicted octanol–water partition coefficient (Wildman–Crippen LogP) is 0.921. The third kappa shape index (κ3) is 2.20. The van der Waals surface area contributed by atoms with E-state index in [1.807, 2.05) is 31.3 Å². The third-order valence-corrected chi connectivity index (χ3v) is 2.95. The monoisotopic (exact) mass is 207 g/mol. The molecule has 1 unspecified atom stereocenters. The number of likely N-dealkylation sites (N-methyl/N-ethyl adjacent to an activating group) is 1. The van der Waals surface area contributed by atoms with Gasteiger partial charge in [-0.15, -0.1) is 0 Å². The average Bonchev–Trinajstić information content (AvgIpc) is 2.99. The van der Waals surface area contributed by atoms with E-state index in [0.717, 1.165) is 24.0 Å². The molecule has 0 heterocycles. The van der Waals surface area contributed by atoms with Crippen molar-refractivity contribution >= 4 is 0 Å². The van der Waals surface area contributed by atoms with Crippen LogP contribution in [-0.4, -0.2) is 23.8 Å². The Hall–Kier alpha value is -0.900. The summed E-state index contributed by atoms with van der Waals surface area (Å²) in [6, 6.07) is 7.57. The second-order valence-electron chi connectivity index (χ2n) is 4.23. The molecule has 0 spiro atoms. The van der Waals surface area contributed by atoms with Crippen molar-refractivity contribution < 1.29 is 10.2 Å². The maximum atomic E-state index is 9.86. The molecular formula is C12H17NO2. The lowest BCUT2D eigenvalue weighted by atomic mass is 10.0. The molecule has 1 atom stereocenters. The summed E-state index contributed by atoms with van der Waals surface area (Å²) >= 11 is 0. The molecule has 0 aromatic heterocycles. The molecule has 2 rings (SSSR count). The Balaban J connectivity index is 2.10. The van der Waals surface area contributed by atoms with E-state index in [0.29, 0.717) is 6.54 Å². The van der Waals surface area contributed by atoms with Crippen molar-refractivity contribution in [2.75, 3.05) is 13.6 Å². The lowest BCUT2D eigenvalue weighted by Crippen LogP contribution is -2.16. The molecule has 3 N–H and O–H groups in total. The van der Waals surface area contributed by atoms with E-state index in [-0.39, 0.29) is 0 Å². The maximum absolute atomic E-state index is 9.86. The first-order chi connectivity index (χ1) is 7.15. The van der Waals surface area contributed by atoms with Gasteiger partial charge in [-0.05, 0) is 31.0 Å². The van der Waals surface area contributed by atoms with E-state index >= 15 is 0 Å². The van der Waals surface area contributed by atoms with Gasteiger partial charge in [-0.25, -0.2) is 0 Å². The molecule has 0 amide bonds. The van der Waals surface area contributed by atoms with Crippen LogP contribution in [0.2, 0.25) is 0 Å². The molecule has 1 aromatic rings. The van der Waals surface area contributed by atoms with E-state index < -0.39 is 11.7 Å². The summed E-state index contributed by atoms with van der Waals surface area (Å²) in [6.07, 6.45) is 1.23. The van der Waals surface area contributed by atoms with Crippen molar-refractivity contribution in [2.45, 2.75) is 24.5 Å². The first-order valence-electron chi connectivity index (χ1n) is 5.31. The molecule has 1 fully saturated rings. The summed E-state index contributed by atoms with van der Waals surface area (Å²) in [5.41, 5.74) is 1.27. The van der Waals surface area contributed by atoms with Gasteiger partial charge < -0.3 is 15.5 Å². The zero-order valence-corrected chi connectivity index (χ0v) is 8.90. The van der Waals surface area contributed by atoms with Crippen molar-refractivity contribution in [1.82, 2.24) is 5.32 Å². The Bertz CT molecular complexity index is 330. The van der Waals surface area contributed by atoms with Crippen molar-refractivity contribution in [2.24, 2.45) is 0 Å². The van der Waals surface area contributed by atoms with E-state index in [1.54, 1.807) is 0 Å². The highest BCUT2D eigenvalue weighted by atomic mass is 16.3. The van der Waals surface area contributed by atoms with Crippen LogP contribution in [0.5, 0.6) is 0 Å². The quantitative estimate of drug-likeness (QED) is 0.688. The van der Waals surface area contributed by atoms with Crippen LogP contribution in [0.3, 0.4) is 0 Å². The van der Waals surface area contributed by atoms with Crippen LogP contribution in [0.1, 0.15) is 30.1 Å². The fourth-order valence-corrected chi connectivity index (χ4v) is 1.73. The van der Waals surface area contributed by atoms with Crippen molar-refractivity contribution in [3.8, 4) is 0 Å². The Morgan fingerprint density at radius 2 is 1.93 bits per heavy atom. The van der Waals surface area contributed by atoms with Gasteiger partial charge in [-0.2, -0.15) is 0 Å². The van der Waals surface area contributed by atoms with E-state index in [9.17, 15) is 10.2 Å². The molecule has 0 aliphatic heterocycles. The third-order valence-electron chi connectivity index (χ3n) is 2.95. The molecule has 0 radical (unpaired) electrons. The van der Waals surface area contributed by atoms with Crippen LogP contribution in [0.15, 0.2) is 24.3 Å². The van der Waals surface area contributed by atoms with Gasteiger partial charge in [0.25, 0.3) is 0 Å². The number of benzene rings is 1. The van der Waals surface area contributed by atoms with Crippen molar-refractivity contribution in [3.63, 3.8) is 0 Å². The zero-order chi connectivity index (χ0) is 10.9. The van der Waals surface area contributed by atoms with Crippen LogP contribution in [0.4, 0.5) is 0 Å². The smallest absolute Gasteiger partial charge is 0.0914 e. The highest BCUT2D eigenvalue weighted by Crippen LogP contribution is 2.45. The highest BCUT2D eigenvalue weighted by Gasteiger charge is 2.41. The van der Waals surface area contributed by atoms with Gasteiger partial charge in [0.1, 0.15) is 0 Å². The van der Waals surface area contributed by atoms with Gasteiger partial charge in [0, 0.05) is 6.54 Å². The molecule has 0 bridgehead atoms. The van der Waals surface area contributed by atoms with Crippen LogP contribution in [0, 0.1) is 0 Å². The molecule has 82 valence electrons. The van der Waals surface area contributed by atoms with E-state index in [2.05, 4.69) is 5.32 Å². The highest BCUT2D eigenvalue weighted by molar-refractivity contribution is 5.31. The minimum absolute atomic E-state index is 0.474. The summed E-state index contributed by atoms with van der Waals surface area (Å²) in [4.78, 5) is 0. The molecule has 0 saturated heterocycles. The number of rotatable bonds is 4. The second kappa shape index (κ2) is 3.93. The molecule has 3 nitrogen and oxygen atoms in total. The number of aliphatic hydroxyl groups is 2. The van der Waals surface area contributed by atoms with Crippen molar-refractivity contribution in [3.05, 3.63) is 35.4 Å². The van der Waals surface area contributed by atoms with Gasteiger partial charge >= 0.3 is 0 Å². The average molecular weight is 207 g/mol. The minimum atomic E-state index is -0.577. The Kier molecular flexibility index (Phi) is 2.78. The van der Waals surface area contributed by atoms with Crippen LogP contribution >= 0.6 is 0 Å². The zero-order valence-electron chi connectivity index (χ0n) is 8.90. The normalized spacial score (nSPS) is 19.9. The summed E-state index contributed by atoms with van der Waals surface area (Å²) < 4.78 is 0. The first-order valence-corrected chi connectivity index (χ1v) is 5.31. The van der Waals surface area contributed by atoms with Crippen LogP contribution < -0.4 is 5.32 Å². The first kappa shape index (κ1) is 10.6. The summed E-state index contributed by atoms with van der Waals surface area (Å²) in [7, 11) is 1.81. The van der Waals surface area contributed by atoms with Crippen LogP contribution in [-0.2, 0) is 5.60 Å². The predicted molar refractivity (Wildman–Crippen MR) is 58.5 cm³/mol. The molecule has 3 heteroatoms. The standard InChI is InChI=1S/C12H17NO2/c1-13-8-11(14)9-2-4-10(5-3-9)12(15)6-7-12/h2-5,11,13-15H,6-8H2,1H3. The topological polar surface area (TPSA) is 52.5 Å². The largest absolute Gasteiger partial charge is 0.387 e. The summed E-state index contributed by atoms with van der Waals surface area (Å²) in [5, 5.41) is 22.5. The fourth-order valence-electron chi connectivity index (χ4n) is 1.73. The van der Waals surface area contributed by atoms with Gasteiger partial charge in [0.05, 0.1) is 11.7 Å². The lowest BCUT2D eigenvalue weighted by Gasteiger charge is -2.12. The minimum Gasteiger partial charge on any atom is -0.387 e.